The predicted octanol–water partition coefficient (Wildman–Crippen LogP) is 1.15. The first kappa shape index (κ1) is 10.6. The van der Waals surface area contributed by atoms with Crippen molar-refractivity contribution in [3.8, 4) is 0 Å². The number of hydrogen-bond donors (Lipinski definition) is 2. The molecule has 0 aromatic carbocycles. The van der Waals surface area contributed by atoms with Crippen LogP contribution in [0.4, 0.5) is 0 Å². The van der Waals surface area contributed by atoms with Crippen molar-refractivity contribution >= 4 is 5.91 Å². The van der Waals surface area contributed by atoms with Crippen molar-refractivity contribution in [2.75, 3.05) is 13.1 Å². The summed E-state index contributed by atoms with van der Waals surface area (Å²) in [5.74, 6) is 2.71. The molecule has 16 heavy (non-hydrogen) atoms. The number of carbonyl (C=O) groups excluding carboxylic acids is 1. The Morgan fingerprint density at radius 2 is 2.12 bits per heavy atom. The van der Waals surface area contributed by atoms with Gasteiger partial charge in [-0.05, 0) is 43.6 Å². The van der Waals surface area contributed by atoms with Crippen LogP contribution in [0.25, 0.3) is 0 Å². The molecule has 1 amide bonds. The van der Waals surface area contributed by atoms with Gasteiger partial charge in [-0.2, -0.15) is 0 Å². The molecule has 2 aliphatic carbocycles. The minimum atomic E-state index is 0.208. The molecule has 3 unspecified atom stereocenters. The number of amides is 1. The molecule has 0 aromatic rings. The summed E-state index contributed by atoms with van der Waals surface area (Å²) in [5.41, 5.74) is 0. The van der Waals surface area contributed by atoms with Crippen molar-refractivity contribution in [2.24, 2.45) is 23.7 Å². The lowest BCUT2D eigenvalue weighted by Crippen LogP contribution is -2.43. The molecule has 3 fully saturated rings. The minimum absolute atomic E-state index is 0.208. The highest BCUT2D eigenvalue weighted by atomic mass is 16.2. The van der Waals surface area contributed by atoms with Crippen molar-refractivity contribution < 1.29 is 4.79 Å². The number of hydrogen-bond acceptors (Lipinski definition) is 2. The van der Waals surface area contributed by atoms with E-state index in [0.29, 0.717) is 17.9 Å². The summed E-state index contributed by atoms with van der Waals surface area (Å²) in [6.45, 7) is 4.04. The third kappa shape index (κ3) is 1.75. The number of nitrogens with one attached hydrogen (secondary N) is 2. The van der Waals surface area contributed by atoms with Crippen LogP contribution in [0.2, 0.25) is 0 Å². The topological polar surface area (TPSA) is 41.1 Å². The molecule has 3 rings (SSSR count). The van der Waals surface area contributed by atoms with Crippen LogP contribution in [-0.4, -0.2) is 25.0 Å². The zero-order chi connectivity index (χ0) is 11.1. The van der Waals surface area contributed by atoms with Gasteiger partial charge in [0.05, 0.1) is 5.92 Å². The largest absolute Gasteiger partial charge is 0.353 e. The lowest BCUT2D eigenvalue weighted by molar-refractivity contribution is -0.126. The van der Waals surface area contributed by atoms with E-state index in [4.69, 9.17) is 0 Å². The van der Waals surface area contributed by atoms with E-state index in [0.717, 1.165) is 24.9 Å². The minimum Gasteiger partial charge on any atom is -0.353 e. The van der Waals surface area contributed by atoms with Crippen LogP contribution < -0.4 is 10.6 Å². The molecule has 3 heteroatoms. The van der Waals surface area contributed by atoms with Gasteiger partial charge in [0.25, 0.3) is 0 Å². The highest BCUT2D eigenvalue weighted by Crippen LogP contribution is 2.44. The maximum atomic E-state index is 12.1. The van der Waals surface area contributed by atoms with Gasteiger partial charge in [0.2, 0.25) is 5.91 Å². The van der Waals surface area contributed by atoms with Crippen LogP contribution in [-0.2, 0) is 4.79 Å². The molecule has 90 valence electrons. The maximum absolute atomic E-state index is 12.1. The summed E-state index contributed by atoms with van der Waals surface area (Å²) >= 11 is 0. The first-order chi connectivity index (χ1) is 7.74. The van der Waals surface area contributed by atoms with Gasteiger partial charge in [0.15, 0.2) is 0 Å². The van der Waals surface area contributed by atoms with E-state index < -0.39 is 0 Å². The Hall–Kier alpha value is -0.570. The molecule has 1 heterocycles. The molecular weight excluding hydrogens is 200 g/mol. The Balaban J connectivity index is 1.56. The zero-order valence-electron chi connectivity index (χ0n) is 10.0. The lowest BCUT2D eigenvalue weighted by Gasteiger charge is -2.25. The summed E-state index contributed by atoms with van der Waals surface area (Å²) in [4.78, 5) is 12.1. The van der Waals surface area contributed by atoms with E-state index in [1.54, 1.807) is 0 Å². The molecule has 1 saturated heterocycles. The first-order valence-electron chi connectivity index (χ1n) is 6.75. The molecule has 3 aliphatic rings. The average molecular weight is 222 g/mol. The van der Waals surface area contributed by atoms with Crippen molar-refractivity contribution in [3.05, 3.63) is 0 Å². The molecule has 5 atom stereocenters. The van der Waals surface area contributed by atoms with Crippen LogP contribution >= 0.6 is 0 Å². The van der Waals surface area contributed by atoms with E-state index in [9.17, 15) is 4.79 Å². The predicted molar refractivity (Wildman–Crippen MR) is 62.9 cm³/mol. The Labute approximate surface area is 97.4 Å². The second kappa shape index (κ2) is 4.02. The van der Waals surface area contributed by atoms with Gasteiger partial charge < -0.3 is 10.6 Å². The van der Waals surface area contributed by atoms with Gasteiger partial charge in [-0.1, -0.05) is 13.3 Å². The smallest absolute Gasteiger partial charge is 0.224 e. The first-order valence-corrected chi connectivity index (χ1v) is 6.75. The van der Waals surface area contributed by atoms with Gasteiger partial charge >= 0.3 is 0 Å². The average Bonchev–Trinajstić information content (AvgIpc) is 2.92. The van der Waals surface area contributed by atoms with Crippen LogP contribution in [0, 0.1) is 23.7 Å². The summed E-state index contributed by atoms with van der Waals surface area (Å²) in [6.07, 6.45) is 5.35. The van der Waals surface area contributed by atoms with Crippen LogP contribution in [0.15, 0.2) is 0 Å². The van der Waals surface area contributed by atoms with E-state index >= 15 is 0 Å². The van der Waals surface area contributed by atoms with Crippen molar-refractivity contribution in [1.82, 2.24) is 10.6 Å². The summed E-state index contributed by atoms with van der Waals surface area (Å²) in [7, 11) is 0. The third-order valence-corrected chi connectivity index (χ3v) is 4.92. The summed E-state index contributed by atoms with van der Waals surface area (Å²) in [5, 5.41) is 6.60. The SMILES string of the molecule is C[C@@H]1CNC[C@H]1C(=O)NC1CC2CCC1C2. The molecule has 0 spiro atoms. The highest BCUT2D eigenvalue weighted by Gasteiger charge is 2.41. The van der Waals surface area contributed by atoms with Gasteiger partial charge in [-0.15, -0.1) is 0 Å². The van der Waals surface area contributed by atoms with E-state index in [1.807, 2.05) is 0 Å². The number of fused-ring (bicyclic) bond motifs is 2. The normalized spacial score (nSPS) is 46.2. The number of carbonyl (C=O) groups is 1. The fraction of sp³-hybridized carbons (Fsp3) is 0.923. The van der Waals surface area contributed by atoms with E-state index in [-0.39, 0.29) is 5.92 Å². The molecular formula is C13H22N2O. The molecule has 2 N–H and O–H groups in total. The van der Waals surface area contributed by atoms with Crippen LogP contribution in [0.5, 0.6) is 0 Å². The van der Waals surface area contributed by atoms with Gasteiger partial charge in [-0.25, -0.2) is 0 Å². The van der Waals surface area contributed by atoms with E-state index in [1.165, 1.54) is 25.7 Å². The zero-order valence-corrected chi connectivity index (χ0v) is 10.0. The fourth-order valence-electron chi connectivity index (χ4n) is 3.87. The van der Waals surface area contributed by atoms with E-state index in [2.05, 4.69) is 17.6 Å². The molecule has 2 saturated carbocycles. The van der Waals surface area contributed by atoms with Crippen molar-refractivity contribution in [1.29, 1.82) is 0 Å². The Bertz CT molecular complexity index is 292. The van der Waals surface area contributed by atoms with Gasteiger partial charge in [-0.3, -0.25) is 4.79 Å². The lowest BCUT2D eigenvalue weighted by atomic mass is 9.93. The monoisotopic (exact) mass is 222 g/mol. The summed E-state index contributed by atoms with van der Waals surface area (Å²) in [6, 6.07) is 0.499. The van der Waals surface area contributed by atoms with Crippen molar-refractivity contribution in [2.45, 2.75) is 38.6 Å². The Morgan fingerprint density at radius 3 is 2.69 bits per heavy atom. The number of rotatable bonds is 2. The molecule has 0 radical (unpaired) electrons. The van der Waals surface area contributed by atoms with Gasteiger partial charge in [0.1, 0.15) is 0 Å². The third-order valence-electron chi connectivity index (χ3n) is 4.92. The summed E-state index contributed by atoms with van der Waals surface area (Å²) < 4.78 is 0. The second-order valence-electron chi connectivity index (χ2n) is 6.03. The fourth-order valence-corrected chi connectivity index (χ4v) is 3.87. The standard InChI is InChI=1S/C13H22N2O/c1-8-6-14-7-11(8)13(16)15-12-5-9-2-3-10(12)4-9/h8-12,14H,2-7H2,1H3,(H,15,16)/t8-,9?,10?,11-,12?/m1/s1. The van der Waals surface area contributed by atoms with Crippen LogP contribution in [0.3, 0.4) is 0 Å². The molecule has 1 aliphatic heterocycles. The van der Waals surface area contributed by atoms with Crippen LogP contribution in [0.1, 0.15) is 32.6 Å². The quantitative estimate of drug-likeness (QED) is 0.736. The highest BCUT2D eigenvalue weighted by molar-refractivity contribution is 5.80. The Morgan fingerprint density at radius 1 is 1.25 bits per heavy atom. The molecule has 2 bridgehead atoms. The molecule has 3 nitrogen and oxygen atoms in total. The second-order valence-corrected chi connectivity index (χ2v) is 6.03. The maximum Gasteiger partial charge on any atom is 0.224 e. The van der Waals surface area contributed by atoms with Crippen molar-refractivity contribution in [3.63, 3.8) is 0 Å². The Kier molecular flexibility index (Phi) is 2.66. The van der Waals surface area contributed by atoms with Gasteiger partial charge in [0, 0.05) is 12.6 Å². The molecule has 0 aromatic heterocycles.